The molecule has 0 aliphatic heterocycles. The maximum absolute atomic E-state index is 6.53. The molecule has 0 aliphatic carbocycles. The third kappa shape index (κ3) is 6.21. The molecule has 4 heteroatoms. The Hall–Kier alpha value is 0.210. The molecular formula is C4H9Cl2NO. The van der Waals surface area contributed by atoms with Crippen molar-refractivity contribution in [3.8, 4) is 0 Å². The van der Waals surface area contributed by atoms with Gasteiger partial charge in [0, 0.05) is 12.8 Å². The van der Waals surface area contributed by atoms with Gasteiger partial charge in [-0.2, -0.15) is 0 Å². The van der Waals surface area contributed by atoms with Gasteiger partial charge in [-0.1, -0.05) is 11.6 Å². The summed E-state index contributed by atoms with van der Waals surface area (Å²) >= 11 is 5.30. The van der Waals surface area contributed by atoms with Gasteiger partial charge in [0.15, 0.2) is 5.56 Å². The van der Waals surface area contributed by atoms with Crippen molar-refractivity contribution in [1.29, 1.82) is 5.41 Å². The lowest BCUT2D eigenvalue weighted by Crippen LogP contribution is -2.03. The summed E-state index contributed by atoms with van der Waals surface area (Å²) in [4.78, 5) is 0. The highest BCUT2D eigenvalue weighted by molar-refractivity contribution is 6.26. The van der Waals surface area contributed by atoms with E-state index >= 15 is 0 Å². The van der Waals surface area contributed by atoms with Gasteiger partial charge in [-0.25, -0.2) is 0 Å². The second kappa shape index (κ2) is 7.21. The topological polar surface area (TPSA) is 33.1 Å². The van der Waals surface area contributed by atoms with Crippen LogP contribution in [0.1, 0.15) is 6.92 Å². The molecule has 50 valence electrons. The van der Waals surface area contributed by atoms with Crippen LogP contribution in [0.3, 0.4) is 0 Å². The Morgan fingerprint density at radius 3 is 2.50 bits per heavy atom. The number of nitrogens with one attached hydrogen (secondary N) is 1. The molecule has 0 aliphatic rings. The van der Waals surface area contributed by atoms with Gasteiger partial charge in [0.1, 0.15) is 0 Å². The van der Waals surface area contributed by atoms with Crippen LogP contribution in [0, 0.1) is 5.41 Å². The Morgan fingerprint density at radius 2 is 2.38 bits per heavy atom. The Morgan fingerprint density at radius 1 is 1.88 bits per heavy atom. The van der Waals surface area contributed by atoms with Gasteiger partial charge in [-0.3, -0.25) is 0 Å². The number of rotatable bonds is 3. The van der Waals surface area contributed by atoms with E-state index in [-0.39, 0.29) is 12.4 Å². The summed E-state index contributed by atoms with van der Waals surface area (Å²) in [5.74, 6) is 0. The normalized spacial score (nSPS) is 11.8. The van der Waals surface area contributed by atoms with Gasteiger partial charge < -0.3 is 10.1 Å². The van der Waals surface area contributed by atoms with Crippen molar-refractivity contribution in [2.45, 2.75) is 12.5 Å². The largest absolute Gasteiger partial charge is 0.358 e. The first-order valence-corrected chi connectivity index (χ1v) is 2.51. The van der Waals surface area contributed by atoms with E-state index in [9.17, 15) is 0 Å². The standard InChI is InChI=1S/C4H8ClNO.ClH/c1-2-7-4(5)3-6;/h3-4,6H,2H2,1H3;1H. The minimum atomic E-state index is -0.537. The predicted molar refractivity (Wildman–Crippen MR) is 37.3 cm³/mol. The van der Waals surface area contributed by atoms with E-state index in [1.807, 2.05) is 6.92 Å². The van der Waals surface area contributed by atoms with Crippen LogP contribution >= 0.6 is 24.0 Å². The van der Waals surface area contributed by atoms with Crippen LogP contribution in [0.15, 0.2) is 0 Å². The fraction of sp³-hybridized carbons (Fsp3) is 0.750. The molecule has 0 fully saturated rings. The van der Waals surface area contributed by atoms with Gasteiger partial charge in [-0.15, -0.1) is 12.4 Å². The zero-order valence-electron chi connectivity index (χ0n) is 4.56. The first kappa shape index (κ1) is 11.1. The zero-order valence-corrected chi connectivity index (χ0v) is 6.13. The molecule has 1 N–H and O–H groups in total. The van der Waals surface area contributed by atoms with Crippen LogP contribution < -0.4 is 0 Å². The van der Waals surface area contributed by atoms with Crippen molar-refractivity contribution in [3.05, 3.63) is 0 Å². The smallest absolute Gasteiger partial charge is 0.165 e. The van der Waals surface area contributed by atoms with Crippen molar-refractivity contribution in [2.24, 2.45) is 0 Å². The van der Waals surface area contributed by atoms with Crippen molar-refractivity contribution >= 4 is 30.2 Å². The number of ether oxygens (including phenoxy) is 1. The molecule has 0 aromatic heterocycles. The van der Waals surface area contributed by atoms with Crippen LogP contribution in [0.5, 0.6) is 0 Å². The lowest BCUT2D eigenvalue weighted by atomic mass is 10.7. The summed E-state index contributed by atoms with van der Waals surface area (Å²) in [7, 11) is 0. The average molecular weight is 158 g/mol. The van der Waals surface area contributed by atoms with Crippen LogP contribution in [-0.2, 0) is 4.74 Å². The summed E-state index contributed by atoms with van der Waals surface area (Å²) in [5, 5.41) is 6.53. The van der Waals surface area contributed by atoms with E-state index in [2.05, 4.69) is 0 Å². The quantitative estimate of drug-likeness (QED) is 0.491. The number of halogens is 2. The SMILES string of the molecule is CCOC(Cl)C=N.Cl. The summed E-state index contributed by atoms with van der Waals surface area (Å²) in [6.45, 7) is 2.39. The van der Waals surface area contributed by atoms with Crippen LogP contribution in [0.4, 0.5) is 0 Å². The molecule has 1 unspecified atom stereocenters. The van der Waals surface area contributed by atoms with E-state index < -0.39 is 5.56 Å². The molecule has 0 bridgehead atoms. The van der Waals surface area contributed by atoms with Gasteiger partial charge in [0.25, 0.3) is 0 Å². The number of alkyl halides is 1. The molecule has 8 heavy (non-hydrogen) atoms. The Balaban J connectivity index is 0. The molecule has 2 nitrogen and oxygen atoms in total. The fourth-order valence-electron chi connectivity index (χ4n) is 0.207. The molecule has 0 amide bonds. The van der Waals surface area contributed by atoms with Crippen molar-refractivity contribution in [3.63, 3.8) is 0 Å². The highest BCUT2D eigenvalue weighted by atomic mass is 35.5. The molecule has 0 saturated heterocycles. The zero-order chi connectivity index (χ0) is 5.70. The van der Waals surface area contributed by atoms with Gasteiger partial charge in [0.05, 0.1) is 0 Å². The average Bonchev–Trinajstić information content (AvgIpc) is 1.68. The van der Waals surface area contributed by atoms with E-state index in [0.717, 1.165) is 6.21 Å². The second-order valence-electron chi connectivity index (χ2n) is 0.973. The van der Waals surface area contributed by atoms with E-state index in [4.69, 9.17) is 21.7 Å². The maximum atomic E-state index is 6.53. The second-order valence-corrected chi connectivity index (χ2v) is 1.40. The van der Waals surface area contributed by atoms with Crippen molar-refractivity contribution in [1.82, 2.24) is 0 Å². The summed E-state index contributed by atoms with van der Waals surface area (Å²) in [6.07, 6.45) is 1.05. The molecule has 1 atom stereocenters. The molecule has 0 heterocycles. The minimum absolute atomic E-state index is 0. The monoisotopic (exact) mass is 157 g/mol. The highest BCUT2D eigenvalue weighted by Gasteiger charge is 1.92. The van der Waals surface area contributed by atoms with Crippen molar-refractivity contribution < 1.29 is 4.74 Å². The van der Waals surface area contributed by atoms with Gasteiger partial charge in [0.2, 0.25) is 0 Å². The van der Waals surface area contributed by atoms with Crippen LogP contribution in [-0.4, -0.2) is 18.4 Å². The van der Waals surface area contributed by atoms with Gasteiger partial charge in [-0.05, 0) is 6.92 Å². The van der Waals surface area contributed by atoms with E-state index in [1.165, 1.54) is 0 Å². The molecular weight excluding hydrogens is 149 g/mol. The lowest BCUT2D eigenvalue weighted by molar-refractivity contribution is 0.163. The van der Waals surface area contributed by atoms with E-state index in [0.29, 0.717) is 6.61 Å². The third-order valence-electron chi connectivity index (χ3n) is 0.457. The third-order valence-corrected chi connectivity index (χ3v) is 0.709. The summed E-state index contributed by atoms with van der Waals surface area (Å²) in [6, 6.07) is 0. The molecule has 0 aromatic carbocycles. The molecule has 0 aromatic rings. The van der Waals surface area contributed by atoms with Crippen LogP contribution in [0.2, 0.25) is 0 Å². The molecule has 0 spiro atoms. The Kier molecular flexibility index (Phi) is 9.97. The number of hydrogen-bond acceptors (Lipinski definition) is 2. The predicted octanol–water partition coefficient (Wildman–Crippen LogP) is 1.66. The maximum Gasteiger partial charge on any atom is 0.165 e. The highest BCUT2D eigenvalue weighted by Crippen LogP contribution is 1.90. The Bertz CT molecular complexity index is 60.0. The van der Waals surface area contributed by atoms with Crippen molar-refractivity contribution in [2.75, 3.05) is 6.61 Å². The van der Waals surface area contributed by atoms with E-state index in [1.54, 1.807) is 0 Å². The molecule has 0 radical (unpaired) electrons. The molecule has 0 saturated carbocycles. The number of hydrogen-bond donors (Lipinski definition) is 1. The molecule has 0 rings (SSSR count). The fourth-order valence-corrected chi connectivity index (χ4v) is 0.333. The summed E-state index contributed by atoms with van der Waals surface area (Å²) < 4.78 is 4.71. The Labute approximate surface area is 60.1 Å². The first-order valence-electron chi connectivity index (χ1n) is 2.07. The van der Waals surface area contributed by atoms with Gasteiger partial charge >= 0.3 is 0 Å². The minimum Gasteiger partial charge on any atom is -0.358 e. The summed E-state index contributed by atoms with van der Waals surface area (Å²) in [5.41, 5.74) is -0.537. The first-order chi connectivity index (χ1) is 3.31. The lowest BCUT2D eigenvalue weighted by Gasteiger charge is -1.98. The van der Waals surface area contributed by atoms with Crippen LogP contribution in [0.25, 0.3) is 0 Å².